The molecule has 1 amide bonds. The second kappa shape index (κ2) is 9.40. The third-order valence-electron chi connectivity index (χ3n) is 5.38. The van der Waals surface area contributed by atoms with E-state index in [1.807, 2.05) is 0 Å². The van der Waals surface area contributed by atoms with E-state index in [9.17, 15) is 22.0 Å². The molecule has 1 aliphatic heterocycles. The van der Waals surface area contributed by atoms with Crippen LogP contribution in [0.5, 0.6) is 0 Å². The van der Waals surface area contributed by atoms with E-state index in [0.717, 1.165) is 10.4 Å². The third kappa shape index (κ3) is 4.82. The number of hydrogen-bond donors (Lipinski definition) is 2. The Morgan fingerprint density at radius 1 is 1.21 bits per heavy atom. The summed E-state index contributed by atoms with van der Waals surface area (Å²) in [5.74, 6) is -1.87. The highest BCUT2D eigenvalue weighted by Crippen LogP contribution is 2.37. The van der Waals surface area contributed by atoms with Gasteiger partial charge in [-0.15, -0.1) is 11.3 Å². The molecule has 12 heteroatoms. The van der Waals surface area contributed by atoms with Crippen molar-refractivity contribution in [3.05, 3.63) is 81.5 Å². The molecule has 0 bridgehead atoms. The lowest BCUT2D eigenvalue weighted by Crippen LogP contribution is -2.55. The normalized spacial score (nSPS) is 20.0. The van der Waals surface area contributed by atoms with Crippen molar-refractivity contribution >= 4 is 50.4 Å². The summed E-state index contributed by atoms with van der Waals surface area (Å²) >= 11 is 7.02. The zero-order chi connectivity index (χ0) is 24.6. The Kier molecular flexibility index (Phi) is 6.71. The number of nitrogens with one attached hydrogen (secondary N) is 2. The third-order valence-corrected chi connectivity index (χ3v) is 8.51. The lowest BCUT2D eigenvalue weighted by molar-refractivity contribution is -0.120. The Labute approximate surface area is 204 Å². The van der Waals surface area contributed by atoms with E-state index in [4.69, 9.17) is 18.2 Å². The molecule has 2 atom stereocenters. The molecule has 0 radical (unpaired) electrons. The van der Waals surface area contributed by atoms with Crippen molar-refractivity contribution in [2.75, 3.05) is 12.4 Å². The number of carbonyl (C=O) groups excluding carboxylic acids is 1. The quantitative estimate of drug-likeness (QED) is 0.467. The summed E-state index contributed by atoms with van der Waals surface area (Å²) in [5, 5.41) is 2.41. The van der Waals surface area contributed by atoms with Crippen LogP contribution in [0.2, 0.25) is 5.02 Å². The molecule has 1 saturated heterocycles. The van der Waals surface area contributed by atoms with Crippen LogP contribution in [0.1, 0.15) is 17.3 Å². The second-order valence-corrected chi connectivity index (χ2v) is 10.8. The van der Waals surface area contributed by atoms with Gasteiger partial charge in [0.1, 0.15) is 17.7 Å². The fourth-order valence-corrected chi connectivity index (χ4v) is 6.13. The van der Waals surface area contributed by atoms with Gasteiger partial charge in [0.15, 0.2) is 0 Å². The summed E-state index contributed by atoms with van der Waals surface area (Å²) < 4.78 is 56.4. The average molecular weight is 523 g/mol. The van der Waals surface area contributed by atoms with Crippen molar-refractivity contribution in [3.8, 4) is 10.4 Å². The Hall–Kier alpha value is -2.88. The molecular weight excluding hydrogens is 506 g/mol. The van der Waals surface area contributed by atoms with E-state index in [1.165, 1.54) is 42.6 Å². The lowest BCUT2D eigenvalue weighted by Gasteiger charge is -2.35. The number of halogens is 3. The number of anilines is 1. The topological polar surface area (TPSA) is 82.9 Å². The van der Waals surface area contributed by atoms with E-state index in [2.05, 4.69) is 14.9 Å². The Balaban J connectivity index is 1.58. The molecule has 0 spiro atoms. The molecule has 176 valence electrons. The molecule has 3 aromatic rings. The number of thiophene rings is 1. The summed E-state index contributed by atoms with van der Waals surface area (Å²) in [4.78, 5) is 17.4. The van der Waals surface area contributed by atoms with Crippen LogP contribution < -0.4 is 10.0 Å². The van der Waals surface area contributed by atoms with Crippen molar-refractivity contribution in [1.29, 1.82) is 0 Å². The van der Waals surface area contributed by atoms with E-state index in [-0.39, 0.29) is 22.8 Å². The molecule has 1 aromatic heterocycles. The zero-order valence-corrected chi connectivity index (χ0v) is 19.9. The maximum Gasteiger partial charge on any atom is 0.280 e. The highest BCUT2D eigenvalue weighted by atomic mass is 35.5. The van der Waals surface area contributed by atoms with E-state index >= 15 is 0 Å². The molecule has 0 aliphatic carbocycles. The Morgan fingerprint density at radius 2 is 1.97 bits per heavy atom. The summed E-state index contributed by atoms with van der Waals surface area (Å²) in [7, 11) is -2.69. The first-order valence-electron chi connectivity index (χ1n) is 9.87. The fraction of sp³-hybridized carbons (Fsp3) is 0.182. The minimum atomic E-state index is -3.98. The fourth-order valence-electron chi connectivity index (χ4n) is 3.54. The van der Waals surface area contributed by atoms with Crippen LogP contribution in [0.4, 0.5) is 20.2 Å². The maximum atomic E-state index is 14.0. The van der Waals surface area contributed by atoms with Crippen molar-refractivity contribution in [2.24, 2.45) is 0 Å². The van der Waals surface area contributed by atoms with Gasteiger partial charge < -0.3 is 5.32 Å². The van der Waals surface area contributed by atoms with E-state index in [0.29, 0.717) is 15.3 Å². The molecule has 0 saturated carbocycles. The first-order valence-corrected chi connectivity index (χ1v) is 12.5. The molecule has 2 heterocycles. The number of amides is 1. The van der Waals surface area contributed by atoms with Gasteiger partial charge in [0.2, 0.25) is 11.6 Å². The minimum absolute atomic E-state index is 0.0834. The second-order valence-electron chi connectivity index (χ2n) is 7.54. The summed E-state index contributed by atoms with van der Waals surface area (Å²) in [6.07, 6.45) is 0.126. The first kappa shape index (κ1) is 24.3. The highest BCUT2D eigenvalue weighted by molar-refractivity contribution is 7.87. The molecule has 2 aromatic carbocycles. The van der Waals surface area contributed by atoms with Crippen LogP contribution in [0.3, 0.4) is 0 Å². The van der Waals surface area contributed by atoms with Crippen molar-refractivity contribution in [3.63, 3.8) is 0 Å². The number of likely N-dealkylation sites (N-methyl/N-ethyl adjacent to an activating group) is 1. The molecule has 1 aliphatic rings. The SMILES string of the molecule is [C-]#[N+]c1ccc(-c2ccc(C3CC(C(=O)Nc4ccc(F)c(Cl)c4)N(C)S(=O)(=O)N3)s2)cc1F. The number of hydrogen-bond acceptors (Lipinski definition) is 4. The van der Waals surface area contributed by atoms with Gasteiger partial charge in [0.05, 0.1) is 17.6 Å². The summed E-state index contributed by atoms with van der Waals surface area (Å²) in [5.41, 5.74) is 0.708. The predicted octanol–water partition coefficient (Wildman–Crippen LogP) is 5.12. The summed E-state index contributed by atoms with van der Waals surface area (Å²) in [6.45, 7) is 6.96. The molecule has 2 unspecified atom stereocenters. The summed E-state index contributed by atoms with van der Waals surface area (Å²) in [6, 6.07) is 9.65. The van der Waals surface area contributed by atoms with Gasteiger partial charge in [0, 0.05) is 22.5 Å². The molecule has 34 heavy (non-hydrogen) atoms. The van der Waals surface area contributed by atoms with Crippen LogP contribution in [-0.2, 0) is 15.0 Å². The zero-order valence-electron chi connectivity index (χ0n) is 17.6. The van der Waals surface area contributed by atoms with E-state index < -0.39 is 39.8 Å². The first-order chi connectivity index (χ1) is 16.1. The lowest BCUT2D eigenvalue weighted by atomic mass is 10.1. The Morgan fingerprint density at radius 3 is 2.65 bits per heavy atom. The maximum absolute atomic E-state index is 14.0. The van der Waals surface area contributed by atoms with Gasteiger partial charge in [-0.05, 0) is 48.4 Å². The predicted molar refractivity (Wildman–Crippen MR) is 127 cm³/mol. The van der Waals surface area contributed by atoms with Crippen molar-refractivity contribution in [1.82, 2.24) is 9.03 Å². The smallest absolute Gasteiger partial charge is 0.280 e. The van der Waals surface area contributed by atoms with Crippen LogP contribution in [0, 0.1) is 18.2 Å². The van der Waals surface area contributed by atoms with Gasteiger partial charge in [-0.3, -0.25) is 4.79 Å². The minimum Gasteiger partial charge on any atom is -0.325 e. The highest BCUT2D eigenvalue weighted by Gasteiger charge is 2.41. The molecule has 4 rings (SSSR count). The number of rotatable bonds is 4. The van der Waals surface area contributed by atoms with Gasteiger partial charge in [-0.1, -0.05) is 23.7 Å². The van der Waals surface area contributed by atoms with Gasteiger partial charge in [-0.2, -0.15) is 17.4 Å². The van der Waals surface area contributed by atoms with Crippen molar-refractivity contribution < 1.29 is 22.0 Å². The van der Waals surface area contributed by atoms with Crippen LogP contribution in [-0.4, -0.2) is 31.7 Å². The largest absolute Gasteiger partial charge is 0.325 e. The van der Waals surface area contributed by atoms with Gasteiger partial charge in [-0.25, -0.2) is 13.6 Å². The average Bonchev–Trinajstić information content (AvgIpc) is 3.28. The number of carbonyl (C=O) groups is 1. The van der Waals surface area contributed by atoms with Crippen LogP contribution in [0.25, 0.3) is 15.3 Å². The van der Waals surface area contributed by atoms with Crippen LogP contribution >= 0.6 is 22.9 Å². The van der Waals surface area contributed by atoms with Crippen LogP contribution in [0.15, 0.2) is 48.5 Å². The Bertz CT molecular complexity index is 1420. The molecule has 7 nitrogen and oxygen atoms in total. The molecular formula is C22H17ClF2N4O3S2. The van der Waals surface area contributed by atoms with E-state index in [1.54, 1.807) is 18.2 Å². The molecule has 1 fully saturated rings. The monoisotopic (exact) mass is 522 g/mol. The number of nitrogens with zero attached hydrogens (tertiary/aromatic N) is 2. The van der Waals surface area contributed by atoms with Gasteiger partial charge in [0.25, 0.3) is 10.2 Å². The standard InChI is InChI=1S/C22H17ClF2N4O3S2/c1-26-17-6-3-12(9-16(17)25)20-7-8-21(33-20)18-11-19(29(2)34(31,32)28-18)22(30)27-13-4-5-15(24)14(23)10-13/h3-10,18-19,28H,11H2,2H3,(H,27,30). The molecule has 2 N–H and O–H groups in total. The number of benzene rings is 2. The van der Waals surface area contributed by atoms with Crippen molar-refractivity contribution in [2.45, 2.75) is 18.5 Å². The van der Waals surface area contributed by atoms with Gasteiger partial charge >= 0.3 is 0 Å².